The van der Waals surface area contributed by atoms with Gasteiger partial charge in [-0.15, -0.1) is 0 Å². The van der Waals surface area contributed by atoms with Crippen LogP contribution in [0.4, 0.5) is 0 Å². The van der Waals surface area contributed by atoms with Crippen molar-refractivity contribution >= 4 is 15.9 Å². The maximum atomic E-state index is 10.7. The van der Waals surface area contributed by atoms with E-state index in [1.165, 1.54) is 0 Å². The van der Waals surface area contributed by atoms with Crippen LogP contribution in [-0.2, 0) is 0 Å². The normalized spacial score (nSPS) is 12.2. The van der Waals surface area contributed by atoms with E-state index in [1.807, 2.05) is 50.2 Å². The summed E-state index contributed by atoms with van der Waals surface area (Å²) in [7, 11) is 0. The third-order valence-corrected chi connectivity index (χ3v) is 4.70. The summed E-state index contributed by atoms with van der Waals surface area (Å²) in [4.78, 5) is 0. The molecule has 0 fully saturated rings. The summed E-state index contributed by atoms with van der Waals surface area (Å²) >= 11 is 3.56. The number of aliphatic hydroxyl groups is 1. The van der Waals surface area contributed by atoms with Crippen molar-refractivity contribution in [2.24, 2.45) is 0 Å². The van der Waals surface area contributed by atoms with E-state index in [9.17, 15) is 5.11 Å². The van der Waals surface area contributed by atoms with Gasteiger partial charge in [-0.3, -0.25) is 0 Å². The lowest BCUT2D eigenvalue weighted by atomic mass is 9.97. The molecule has 0 aliphatic carbocycles. The molecular formula is C18H21BrO2. The van der Waals surface area contributed by atoms with E-state index in [2.05, 4.69) is 22.9 Å². The molecule has 21 heavy (non-hydrogen) atoms. The van der Waals surface area contributed by atoms with Crippen LogP contribution >= 0.6 is 15.9 Å². The third kappa shape index (κ3) is 3.66. The first-order valence-electron chi connectivity index (χ1n) is 7.21. The van der Waals surface area contributed by atoms with Crippen LogP contribution in [0.2, 0.25) is 0 Å². The van der Waals surface area contributed by atoms with Crippen molar-refractivity contribution in [3.8, 4) is 5.75 Å². The molecule has 1 unspecified atom stereocenters. The molecule has 3 heteroatoms. The molecule has 0 radical (unpaired) electrons. The lowest BCUT2D eigenvalue weighted by molar-refractivity contribution is 0.210. The molecule has 0 bridgehead atoms. The molecule has 0 aliphatic rings. The zero-order valence-electron chi connectivity index (χ0n) is 12.7. The van der Waals surface area contributed by atoms with Gasteiger partial charge in [0.2, 0.25) is 0 Å². The van der Waals surface area contributed by atoms with Gasteiger partial charge in [0, 0.05) is 10.0 Å². The summed E-state index contributed by atoms with van der Waals surface area (Å²) in [5.74, 6) is 0.755. The first-order chi connectivity index (χ1) is 10.0. The zero-order chi connectivity index (χ0) is 15.4. The van der Waals surface area contributed by atoms with Gasteiger partial charge in [-0.2, -0.15) is 0 Å². The number of halogens is 1. The van der Waals surface area contributed by atoms with Gasteiger partial charge < -0.3 is 9.84 Å². The second-order valence-electron chi connectivity index (χ2n) is 5.26. The maximum absolute atomic E-state index is 10.7. The highest BCUT2D eigenvalue weighted by Crippen LogP contribution is 2.33. The molecule has 112 valence electrons. The molecule has 0 amide bonds. The molecule has 0 aliphatic heterocycles. The van der Waals surface area contributed by atoms with Gasteiger partial charge in [0.05, 0.1) is 6.61 Å². The Bertz CT molecular complexity index is 599. The van der Waals surface area contributed by atoms with Crippen molar-refractivity contribution in [2.45, 2.75) is 33.3 Å². The van der Waals surface area contributed by atoms with E-state index in [0.717, 1.165) is 38.9 Å². The Kier molecular flexibility index (Phi) is 5.43. The van der Waals surface area contributed by atoms with Crippen LogP contribution in [-0.4, -0.2) is 11.7 Å². The molecule has 0 spiro atoms. The molecule has 0 saturated heterocycles. The van der Waals surface area contributed by atoms with Crippen LogP contribution in [0.15, 0.2) is 40.9 Å². The molecular weight excluding hydrogens is 328 g/mol. The maximum Gasteiger partial charge on any atom is 0.125 e. The van der Waals surface area contributed by atoms with E-state index in [1.54, 1.807) is 0 Å². The van der Waals surface area contributed by atoms with E-state index in [0.29, 0.717) is 6.61 Å². The fourth-order valence-corrected chi connectivity index (χ4v) is 2.60. The second kappa shape index (κ2) is 7.10. The summed E-state index contributed by atoms with van der Waals surface area (Å²) < 4.78 is 6.84. The summed E-state index contributed by atoms with van der Waals surface area (Å²) in [5.41, 5.74) is 3.94. The standard InChI is InChI=1S/C18H21BrO2/c1-4-9-21-16-8-6-5-7-15(16)18(20)14-10-12(2)17(19)13(3)11-14/h5-8,10-11,18,20H,4,9H2,1-3H3. The number of benzene rings is 2. The molecule has 0 saturated carbocycles. The average molecular weight is 349 g/mol. The van der Waals surface area contributed by atoms with Crippen LogP contribution in [0.1, 0.15) is 41.7 Å². The van der Waals surface area contributed by atoms with E-state index >= 15 is 0 Å². The predicted octanol–water partition coefficient (Wildman–Crippen LogP) is 4.94. The molecule has 1 atom stereocenters. The number of hydrogen-bond acceptors (Lipinski definition) is 2. The third-order valence-electron chi connectivity index (χ3n) is 3.45. The topological polar surface area (TPSA) is 29.5 Å². The Labute approximate surface area is 134 Å². The van der Waals surface area contributed by atoms with Crippen molar-refractivity contribution in [1.82, 2.24) is 0 Å². The van der Waals surface area contributed by atoms with Crippen LogP contribution < -0.4 is 4.74 Å². The number of hydrogen-bond donors (Lipinski definition) is 1. The highest BCUT2D eigenvalue weighted by Gasteiger charge is 2.17. The highest BCUT2D eigenvalue weighted by atomic mass is 79.9. The lowest BCUT2D eigenvalue weighted by Crippen LogP contribution is -2.05. The monoisotopic (exact) mass is 348 g/mol. The van der Waals surface area contributed by atoms with Gasteiger partial charge in [0.25, 0.3) is 0 Å². The Morgan fingerprint density at radius 2 is 1.76 bits per heavy atom. The fourth-order valence-electron chi connectivity index (χ4n) is 2.37. The smallest absolute Gasteiger partial charge is 0.125 e. The van der Waals surface area contributed by atoms with Crippen molar-refractivity contribution < 1.29 is 9.84 Å². The molecule has 2 rings (SSSR count). The lowest BCUT2D eigenvalue weighted by Gasteiger charge is -2.18. The zero-order valence-corrected chi connectivity index (χ0v) is 14.3. The minimum absolute atomic E-state index is 0.655. The number of rotatable bonds is 5. The summed E-state index contributed by atoms with van der Waals surface area (Å²) in [6.07, 6.45) is 0.268. The van der Waals surface area contributed by atoms with Crippen molar-refractivity contribution in [1.29, 1.82) is 0 Å². The van der Waals surface area contributed by atoms with Crippen molar-refractivity contribution in [2.75, 3.05) is 6.61 Å². The van der Waals surface area contributed by atoms with Crippen molar-refractivity contribution in [3.63, 3.8) is 0 Å². The molecule has 2 aromatic carbocycles. The average Bonchev–Trinajstić information content (AvgIpc) is 2.49. The van der Waals surface area contributed by atoms with Crippen LogP contribution in [0.3, 0.4) is 0 Å². The fraction of sp³-hybridized carbons (Fsp3) is 0.333. The first kappa shape index (κ1) is 16.1. The number of ether oxygens (including phenoxy) is 1. The van der Waals surface area contributed by atoms with Gasteiger partial charge in [-0.05, 0) is 43.0 Å². The van der Waals surface area contributed by atoms with Crippen LogP contribution in [0, 0.1) is 13.8 Å². The molecule has 1 N–H and O–H groups in total. The molecule has 0 aromatic heterocycles. The number of aryl methyl sites for hydroxylation is 2. The Balaban J connectivity index is 2.38. The largest absolute Gasteiger partial charge is 0.493 e. The van der Waals surface area contributed by atoms with Crippen molar-refractivity contribution in [3.05, 3.63) is 63.1 Å². The summed E-state index contributed by atoms with van der Waals surface area (Å²) in [6, 6.07) is 11.7. The molecule has 2 nitrogen and oxygen atoms in total. The van der Waals surface area contributed by atoms with E-state index < -0.39 is 6.10 Å². The quantitative estimate of drug-likeness (QED) is 0.829. The number of aliphatic hydroxyl groups excluding tert-OH is 1. The van der Waals surface area contributed by atoms with Crippen LogP contribution in [0.25, 0.3) is 0 Å². The van der Waals surface area contributed by atoms with Gasteiger partial charge in [-0.25, -0.2) is 0 Å². The van der Waals surface area contributed by atoms with Gasteiger partial charge in [0.1, 0.15) is 11.9 Å². The first-order valence-corrected chi connectivity index (χ1v) is 8.00. The van der Waals surface area contributed by atoms with Gasteiger partial charge >= 0.3 is 0 Å². The van der Waals surface area contributed by atoms with Gasteiger partial charge in [0.15, 0.2) is 0 Å². The number of para-hydroxylation sites is 1. The Hall–Kier alpha value is -1.32. The minimum Gasteiger partial charge on any atom is -0.493 e. The highest BCUT2D eigenvalue weighted by molar-refractivity contribution is 9.10. The Morgan fingerprint density at radius 3 is 2.38 bits per heavy atom. The summed E-state index contributed by atoms with van der Waals surface area (Å²) in [6.45, 7) is 6.79. The second-order valence-corrected chi connectivity index (χ2v) is 6.05. The van der Waals surface area contributed by atoms with Gasteiger partial charge in [-0.1, -0.05) is 53.2 Å². The predicted molar refractivity (Wildman–Crippen MR) is 89.9 cm³/mol. The van der Waals surface area contributed by atoms with Crippen LogP contribution in [0.5, 0.6) is 5.75 Å². The SMILES string of the molecule is CCCOc1ccccc1C(O)c1cc(C)c(Br)c(C)c1. The Morgan fingerprint density at radius 1 is 1.14 bits per heavy atom. The molecule has 0 heterocycles. The van der Waals surface area contributed by atoms with E-state index in [4.69, 9.17) is 4.74 Å². The minimum atomic E-state index is -0.677. The van der Waals surface area contributed by atoms with E-state index in [-0.39, 0.29) is 0 Å². The molecule has 2 aromatic rings. The summed E-state index contributed by atoms with van der Waals surface area (Å²) in [5, 5.41) is 10.7.